The number of phenols is 1. The normalized spacial score (nSPS) is 14.4. The van der Waals surface area contributed by atoms with Gasteiger partial charge in [0.15, 0.2) is 0 Å². The third-order valence-corrected chi connectivity index (χ3v) is 5.34. The van der Waals surface area contributed by atoms with Gasteiger partial charge >= 0.3 is 5.97 Å². The minimum Gasteiger partial charge on any atom is -0.507 e. The summed E-state index contributed by atoms with van der Waals surface area (Å²) in [6, 6.07) is 7.03. The number of hydrogen-bond donors (Lipinski definition) is 1. The highest BCUT2D eigenvalue weighted by Crippen LogP contribution is 2.39. The number of hydrogen-bond acceptors (Lipinski definition) is 5. The van der Waals surface area contributed by atoms with Gasteiger partial charge in [-0.15, -0.1) is 11.3 Å². The summed E-state index contributed by atoms with van der Waals surface area (Å²) in [6.07, 6.45) is 6.96. The van der Waals surface area contributed by atoms with Gasteiger partial charge in [0.05, 0.1) is 12.2 Å². The number of nitrogens with zero attached hydrogens (tertiary/aromatic N) is 1. The fourth-order valence-corrected chi connectivity index (χ4v) is 4.18. The number of aryl methyl sites for hydroxylation is 1. The predicted octanol–water partition coefficient (Wildman–Crippen LogP) is 4.65. The van der Waals surface area contributed by atoms with Crippen LogP contribution in [0.3, 0.4) is 0 Å². The average Bonchev–Trinajstić information content (AvgIpc) is 2.76. The highest BCUT2D eigenvalue weighted by Gasteiger charge is 2.25. The molecule has 0 fully saturated rings. The van der Waals surface area contributed by atoms with Crippen molar-refractivity contribution in [2.75, 3.05) is 6.61 Å². The lowest BCUT2D eigenvalue weighted by molar-refractivity contribution is 0.0526. The molecular weight excluding hydrogens is 322 g/mol. The first-order chi connectivity index (χ1) is 11.7. The number of ether oxygens (including phenoxy) is 1. The van der Waals surface area contributed by atoms with Gasteiger partial charge in [-0.05, 0) is 50.3 Å². The minimum atomic E-state index is -0.290. The smallest absolute Gasteiger partial charge is 0.341 e. The second kappa shape index (κ2) is 7.62. The van der Waals surface area contributed by atoms with Gasteiger partial charge < -0.3 is 9.84 Å². The molecule has 3 rings (SSSR count). The Bertz CT molecular complexity index is 764. The molecule has 1 N–H and O–H groups in total. The van der Waals surface area contributed by atoms with Crippen LogP contribution in [0, 0.1) is 0 Å². The van der Waals surface area contributed by atoms with Gasteiger partial charge in [0, 0.05) is 16.7 Å². The van der Waals surface area contributed by atoms with E-state index in [1.165, 1.54) is 11.3 Å². The molecule has 0 radical (unpaired) electrons. The maximum absolute atomic E-state index is 12.5. The van der Waals surface area contributed by atoms with E-state index in [4.69, 9.17) is 4.74 Å². The quantitative estimate of drug-likeness (QED) is 0.499. The van der Waals surface area contributed by atoms with Crippen LogP contribution in [0.4, 0.5) is 5.00 Å². The number of rotatable bonds is 4. The standard InChI is InChI=1S/C19H21NO3S/c1-2-23-19(22)17-14-9-4-3-5-11-16(14)24-18(17)20-12-13-8-6-7-10-15(13)21/h6-8,10,12,21H,2-5,9,11H2,1H3. The molecule has 1 aliphatic carbocycles. The van der Waals surface area contributed by atoms with Crippen LogP contribution < -0.4 is 0 Å². The van der Waals surface area contributed by atoms with E-state index in [-0.39, 0.29) is 11.7 Å². The lowest BCUT2D eigenvalue weighted by Gasteiger charge is -2.05. The van der Waals surface area contributed by atoms with Gasteiger partial charge in [0.2, 0.25) is 0 Å². The van der Waals surface area contributed by atoms with Gasteiger partial charge in [-0.25, -0.2) is 9.79 Å². The van der Waals surface area contributed by atoms with Crippen LogP contribution in [0.1, 0.15) is 52.5 Å². The molecule has 126 valence electrons. The predicted molar refractivity (Wildman–Crippen MR) is 96.9 cm³/mol. The van der Waals surface area contributed by atoms with Crippen molar-refractivity contribution in [3.05, 3.63) is 45.8 Å². The molecule has 1 aromatic heterocycles. The van der Waals surface area contributed by atoms with Gasteiger partial charge in [-0.2, -0.15) is 0 Å². The van der Waals surface area contributed by atoms with E-state index in [1.807, 2.05) is 13.0 Å². The lowest BCUT2D eigenvalue weighted by Crippen LogP contribution is -2.07. The highest BCUT2D eigenvalue weighted by molar-refractivity contribution is 7.16. The monoisotopic (exact) mass is 343 g/mol. The Morgan fingerprint density at radius 3 is 2.88 bits per heavy atom. The van der Waals surface area contributed by atoms with Crippen molar-refractivity contribution >= 4 is 28.5 Å². The number of fused-ring (bicyclic) bond motifs is 1. The number of carbonyl (C=O) groups is 1. The zero-order valence-corrected chi connectivity index (χ0v) is 14.6. The zero-order valence-electron chi connectivity index (χ0n) is 13.7. The van der Waals surface area contributed by atoms with E-state index in [0.29, 0.717) is 22.7 Å². The second-order valence-electron chi connectivity index (χ2n) is 5.78. The van der Waals surface area contributed by atoms with Gasteiger partial charge in [0.1, 0.15) is 10.8 Å². The van der Waals surface area contributed by atoms with E-state index in [2.05, 4.69) is 4.99 Å². The third kappa shape index (κ3) is 3.51. The number of thiophene rings is 1. The molecule has 24 heavy (non-hydrogen) atoms. The average molecular weight is 343 g/mol. The lowest BCUT2D eigenvalue weighted by atomic mass is 10.1. The Kier molecular flexibility index (Phi) is 5.30. The molecule has 5 heteroatoms. The summed E-state index contributed by atoms with van der Waals surface area (Å²) in [5.74, 6) is -0.113. The first-order valence-corrected chi connectivity index (χ1v) is 9.16. The third-order valence-electron chi connectivity index (χ3n) is 4.14. The molecule has 1 aliphatic rings. The van der Waals surface area contributed by atoms with Gasteiger partial charge in [-0.1, -0.05) is 18.6 Å². The molecule has 1 heterocycles. The SMILES string of the molecule is CCOC(=O)c1c(N=Cc2ccccc2O)sc2c1CCCCC2. The number of aromatic hydroxyl groups is 1. The van der Waals surface area contributed by atoms with Crippen molar-refractivity contribution in [1.82, 2.24) is 0 Å². The Labute approximate surface area is 145 Å². The van der Waals surface area contributed by atoms with Crippen molar-refractivity contribution in [2.24, 2.45) is 4.99 Å². The zero-order chi connectivity index (χ0) is 16.9. The first-order valence-electron chi connectivity index (χ1n) is 8.34. The molecule has 0 aliphatic heterocycles. The second-order valence-corrected chi connectivity index (χ2v) is 6.87. The van der Waals surface area contributed by atoms with Crippen molar-refractivity contribution < 1.29 is 14.6 Å². The number of esters is 1. The molecule has 1 aromatic carbocycles. The Morgan fingerprint density at radius 1 is 1.29 bits per heavy atom. The molecule has 0 bridgehead atoms. The van der Waals surface area contributed by atoms with Crippen LogP contribution in [0.2, 0.25) is 0 Å². The summed E-state index contributed by atoms with van der Waals surface area (Å²) in [6.45, 7) is 2.17. The van der Waals surface area contributed by atoms with Crippen molar-refractivity contribution in [1.29, 1.82) is 0 Å². The van der Waals surface area contributed by atoms with Gasteiger partial charge in [0.25, 0.3) is 0 Å². The van der Waals surface area contributed by atoms with E-state index >= 15 is 0 Å². The topological polar surface area (TPSA) is 58.9 Å². The fraction of sp³-hybridized carbons (Fsp3) is 0.368. The van der Waals surface area contributed by atoms with E-state index in [0.717, 1.165) is 31.2 Å². The summed E-state index contributed by atoms with van der Waals surface area (Å²) in [5, 5.41) is 10.6. The molecule has 2 aromatic rings. The van der Waals surface area contributed by atoms with Crippen LogP contribution in [0.5, 0.6) is 5.75 Å². The van der Waals surface area contributed by atoms with Crippen LogP contribution in [0.15, 0.2) is 29.3 Å². The number of aliphatic imine (C=N–C) groups is 1. The van der Waals surface area contributed by atoms with E-state index < -0.39 is 0 Å². The van der Waals surface area contributed by atoms with Crippen LogP contribution in [0.25, 0.3) is 0 Å². The van der Waals surface area contributed by atoms with Gasteiger partial charge in [-0.3, -0.25) is 0 Å². The summed E-state index contributed by atoms with van der Waals surface area (Å²) in [4.78, 5) is 18.2. The molecule has 0 unspecified atom stereocenters. The largest absolute Gasteiger partial charge is 0.507 e. The van der Waals surface area contributed by atoms with E-state index in [1.54, 1.807) is 35.8 Å². The molecule has 0 saturated carbocycles. The summed E-state index contributed by atoms with van der Waals surface area (Å²) >= 11 is 1.57. The Balaban J connectivity index is 2.00. The maximum atomic E-state index is 12.5. The summed E-state index contributed by atoms with van der Waals surface area (Å²) < 4.78 is 5.25. The number of benzene rings is 1. The molecule has 4 nitrogen and oxygen atoms in total. The Hall–Kier alpha value is -2.14. The highest BCUT2D eigenvalue weighted by atomic mass is 32.1. The number of phenolic OH excluding ortho intramolecular Hbond substituents is 1. The van der Waals surface area contributed by atoms with Crippen LogP contribution in [-0.4, -0.2) is 23.9 Å². The van der Waals surface area contributed by atoms with Crippen LogP contribution >= 0.6 is 11.3 Å². The number of para-hydroxylation sites is 1. The summed E-state index contributed by atoms with van der Waals surface area (Å²) in [5.41, 5.74) is 2.36. The molecular formula is C19H21NO3S. The molecule has 0 saturated heterocycles. The van der Waals surface area contributed by atoms with Crippen molar-refractivity contribution in [2.45, 2.75) is 39.0 Å². The van der Waals surface area contributed by atoms with Crippen molar-refractivity contribution in [3.63, 3.8) is 0 Å². The number of carbonyl (C=O) groups excluding carboxylic acids is 1. The fourth-order valence-electron chi connectivity index (χ4n) is 2.96. The van der Waals surface area contributed by atoms with Crippen LogP contribution in [-0.2, 0) is 17.6 Å². The molecule has 0 atom stereocenters. The first kappa shape index (κ1) is 16.7. The Morgan fingerprint density at radius 2 is 2.08 bits per heavy atom. The molecule has 0 spiro atoms. The van der Waals surface area contributed by atoms with E-state index in [9.17, 15) is 9.90 Å². The maximum Gasteiger partial charge on any atom is 0.341 e. The van der Waals surface area contributed by atoms with Crippen molar-refractivity contribution in [3.8, 4) is 5.75 Å². The molecule has 0 amide bonds. The summed E-state index contributed by atoms with van der Waals surface area (Å²) in [7, 11) is 0. The minimum absolute atomic E-state index is 0.178.